The number of rotatable bonds is 3. The van der Waals surface area contributed by atoms with Crippen molar-refractivity contribution in [2.45, 2.75) is 24.5 Å². The van der Waals surface area contributed by atoms with Crippen LogP contribution in [0.1, 0.15) is 24.4 Å². The summed E-state index contributed by atoms with van der Waals surface area (Å²) < 4.78 is 5.37. The number of ether oxygens (including phenoxy) is 1. The minimum atomic E-state index is -0.560. The molecule has 1 aromatic rings. The lowest BCUT2D eigenvalue weighted by Crippen LogP contribution is -2.53. The second-order valence-corrected chi connectivity index (χ2v) is 6.48. The Morgan fingerprint density at radius 2 is 1.90 bits per heavy atom. The van der Waals surface area contributed by atoms with Crippen molar-refractivity contribution in [3.63, 3.8) is 0 Å². The molecular formula is C17H26N2O2. The third kappa shape index (κ3) is 3.64. The van der Waals surface area contributed by atoms with E-state index in [-0.39, 0.29) is 0 Å². The van der Waals surface area contributed by atoms with Gasteiger partial charge in [0, 0.05) is 58.3 Å². The van der Waals surface area contributed by atoms with Crippen LogP contribution in [0.2, 0.25) is 0 Å². The van der Waals surface area contributed by atoms with E-state index in [0.29, 0.717) is 19.3 Å². The lowest BCUT2D eigenvalue weighted by Gasteiger charge is -2.43. The third-order valence-electron chi connectivity index (χ3n) is 4.86. The van der Waals surface area contributed by atoms with Crippen LogP contribution in [0.15, 0.2) is 30.3 Å². The number of nitrogens with zero attached hydrogens (tertiary/aromatic N) is 2. The average Bonchev–Trinajstić information content (AvgIpc) is 2.50. The average molecular weight is 290 g/mol. The van der Waals surface area contributed by atoms with Crippen molar-refractivity contribution in [3.05, 3.63) is 35.9 Å². The zero-order valence-corrected chi connectivity index (χ0v) is 12.9. The first kappa shape index (κ1) is 15.0. The standard InChI is InChI=1S/C17H26N2O2/c1-18-9-10-19(14-17(20)7-11-21-12-8-17)13-16(18)15-5-3-2-4-6-15/h2-6,16,20H,7-14H2,1H3/t16-/m1/s1. The molecule has 0 spiro atoms. The van der Waals surface area contributed by atoms with Crippen molar-refractivity contribution in [2.75, 3.05) is 46.4 Å². The molecule has 2 saturated heterocycles. The van der Waals surface area contributed by atoms with Crippen LogP contribution in [0, 0.1) is 0 Å². The molecule has 1 N–H and O–H groups in total. The van der Waals surface area contributed by atoms with Crippen LogP contribution in [0.4, 0.5) is 0 Å². The van der Waals surface area contributed by atoms with Crippen molar-refractivity contribution in [3.8, 4) is 0 Å². The maximum absolute atomic E-state index is 10.7. The highest BCUT2D eigenvalue weighted by molar-refractivity contribution is 5.20. The number of hydrogen-bond donors (Lipinski definition) is 1. The molecule has 4 heteroatoms. The van der Waals surface area contributed by atoms with Crippen LogP contribution < -0.4 is 0 Å². The summed E-state index contributed by atoms with van der Waals surface area (Å²) in [4.78, 5) is 4.84. The van der Waals surface area contributed by atoms with Gasteiger partial charge in [-0.05, 0) is 12.6 Å². The van der Waals surface area contributed by atoms with E-state index in [9.17, 15) is 5.11 Å². The van der Waals surface area contributed by atoms with E-state index in [0.717, 1.165) is 39.0 Å². The van der Waals surface area contributed by atoms with Crippen molar-refractivity contribution >= 4 is 0 Å². The van der Waals surface area contributed by atoms with Crippen LogP contribution in [0.3, 0.4) is 0 Å². The molecule has 2 fully saturated rings. The molecule has 2 heterocycles. The maximum Gasteiger partial charge on any atom is 0.0817 e. The minimum Gasteiger partial charge on any atom is -0.388 e. The zero-order valence-electron chi connectivity index (χ0n) is 12.9. The largest absolute Gasteiger partial charge is 0.388 e. The number of likely N-dealkylation sites (N-methyl/N-ethyl adjacent to an activating group) is 1. The minimum absolute atomic E-state index is 0.420. The summed E-state index contributed by atoms with van der Waals surface area (Å²) in [5.74, 6) is 0. The highest BCUT2D eigenvalue weighted by Crippen LogP contribution is 2.27. The van der Waals surface area contributed by atoms with E-state index in [2.05, 4.69) is 47.2 Å². The van der Waals surface area contributed by atoms with Gasteiger partial charge in [0.1, 0.15) is 0 Å². The highest BCUT2D eigenvalue weighted by atomic mass is 16.5. The molecule has 21 heavy (non-hydrogen) atoms. The van der Waals surface area contributed by atoms with E-state index >= 15 is 0 Å². The first-order valence-electron chi connectivity index (χ1n) is 7.94. The lowest BCUT2D eigenvalue weighted by molar-refractivity contribution is -0.0869. The summed E-state index contributed by atoms with van der Waals surface area (Å²) >= 11 is 0. The van der Waals surface area contributed by atoms with Gasteiger partial charge in [0.15, 0.2) is 0 Å². The maximum atomic E-state index is 10.7. The Hall–Kier alpha value is -0.940. The van der Waals surface area contributed by atoms with Crippen molar-refractivity contribution in [1.29, 1.82) is 0 Å². The Balaban J connectivity index is 1.65. The second-order valence-electron chi connectivity index (χ2n) is 6.48. The van der Waals surface area contributed by atoms with Gasteiger partial charge in [-0.3, -0.25) is 9.80 Å². The Bertz CT molecular complexity index is 445. The van der Waals surface area contributed by atoms with Crippen LogP contribution in [-0.2, 0) is 4.74 Å². The van der Waals surface area contributed by atoms with Gasteiger partial charge < -0.3 is 9.84 Å². The molecule has 2 aliphatic heterocycles. The van der Waals surface area contributed by atoms with Gasteiger partial charge in [-0.15, -0.1) is 0 Å². The molecule has 0 radical (unpaired) electrons. The SMILES string of the molecule is CN1CCN(CC2(O)CCOCC2)C[C@@H]1c1ccccc1. The van der Waals surface area contributed by atoms with Crippen molar-refractivity contribution < 1.29 is 9.84 Å². The Labute approximate surface area is 127 Å². The third-order valence-corrected chi connectivity index (χ3v) is 4.86. The number of piperazine rings is 1. The van der Waals surface area contributed by atoms with Crippen LogP contribution in [-0.4, -0.2) is 66.9 Å². The molecule has 0 amide bonds. The fourth-order valence-electron chi connectivity index (χ4n) is 3.43. The second kappa shape index (κ2) is 6.44. The molecule has 2 aliphatic rings. The summed E-state index contributed by atoms with van der Waals surface area (Å²) in [7, 11) is 2.19. The zero-order chi connectivity index (χ0) is 14.7. The van der Waals surface area contributed by atoms with Crippen LogP contribution in [0.25, 0.3) is 0 Å². The van der Waals surface area contributed by atoms with Gasteiger partial charge in [0.05, 0.1) is 5.60 Å². The number of benzene rings is 1. The molecule has 1 aromatic carbocycles. The Kier molecular flexibility index (Phi) is 4.60. The number of aliphatic hydroxyl groups is 1. The Morgan fingerprint density at radius 3 is 2.62 bits per heavy atom. The topological polar surface area (TPSA) is 35.9 Å². The van der Waals surface area contributed by atoms with Gasteiger partial charge in [0.2, 0.25) is 0 Å². The first-order valence-corrected chi connectivity index (χ1v) is 7.94. The summed E-state index contributed by atoms with van der Waals surface area (Å²) in [6.45, 7) is 5.21. The highest BCUT2D eigenvalue weighted by Gasteiger charge is 2.34. The van der Waals surface area contributed by atoms with E-state index in [4.69, 9.17) is 4.74 Å². The summed E-state index contributed by atoms with van der Waals surface area (Å²) in [6, 6.07) is 11.1. The van der Waals surface area contributed by atoms with Gasteiger partial charge in [-0.25, -0.2) is 0 Å². The molecule has 1 atom stereocenters. The fraction of sp³-hybridized carbons (Fsp3) is 0.647. The molecule has 0 aliphatic carbocycles. The predicted molar refractivity (Wildman–Crippen MR) is 83.3 cm³/mol. The molecule has 0 saturated carbocycles. The van der Waals surface area contributed by atoms with E-state index in [1.165, 1.54) is 5.56 Å². The lowest BCUT2D eigenvalue weighted by atomic mass is 9.92. The van der Waals surface area contributed by atoms with Crippen molar-refractivity contribution in [2.24, 2.45) is 0 Å². The monoisotopic (exact) mass is 290 g/mol. The van der Waals surface area contributed by atoms with Gasteiger partial charge in [-0.2, -0.15) is 0 Å². The quantitative estimate of drug-likeness (QED) is 0.915. The van der Waals surface area contributed by atoms with Crippen LogP contribution >= 0.6 is 0 Å². The molecule has 3 rings (SSSR count). The van der Waals surface area contributed by atoms with Crippen molar-refractivity contribution in [1.82, 2.24) is 9.80 Å². The molecule has 0 bridgehead atoms. The van der Waals surface area contributed by atoms with Crippen LogP contribution in [0.5, 0.6) is 0 Å². The predicted octanol–water partition coefficient (Wildman–Crippen LogP) is 1.52. The summed E-state index contributed by atoms with van der Waals surface area (Å²) in [5.41, 5.74) is 0.804. The molecule has 116 valence electrons. The first-order chi connectivity index (χ1) is 10.2. The van der Waals surface area contributed by atoms with E-state index in [1.807, 2.05) is 0 Å². The summed E-state index contributed by atoms with van der Waals surface area (Å²) in [6.07, 6.45) is 1.52. The number of hydrogen-bond acceptors (Lipinski definition) is 4. The fourth-order valence-corrected chi connectivity index (χ4v) is 3.43. The molecular weight excluding hydrogens is 264 g/mol. The molecule has 0 aromatic heterocycles. The number of β-amino-alcohol motifs (C(OH)–C–C–N with tert-alkyl or cyclic N) is 1. The summed E-state index contributed by atoms with van der Waals surface area (Å²) in [5, 5.41) is 10.7. The van der Waals surface area contributed by atoms with E-state index < -0.39 is 5.60 Å². The normalized spacial score (nSPS) is 27.6. The van der Waals surface area contributed by atoms with Gasteiger partial charge in [-0.1, -0.05) is 30.3 Å². The van der Waals surface area contributed by atoms with E-state index in [1.54, 1.807) is 0 Å². The molecule has 0 unspecified atom stereocenters. The smallest absolute Gasteiger partial charge is 0.0817 e. The Morgan fingerprint density at radius 1 is 1.19 bits per heavy atom. The van der Waals surface area contributed by atoms with Gasteiger partial charge in [0.25, 0.3) is 0 Å². The molecule has 4 nitrogen and oxygen atoms in total. The van der Waals surface area contributed by atoms with Gasteiger partial charge >= 0.3 is 0 Å².